The van der Waals surface area contributed by atoms with Crippen molar-refractivity contribution < 1.29 is 9.18 Å². The minimum atomic E-state index is -0.229. The molecule has 0 bridgehead atoms. The summed E-state index contributed by atoms with van der Waals surface area (Å²) in [6.45, 7) is 2.96. The first-order valence-electron chi connectivity index (χ1n) is 6.00. The number of rotatable bonds is 3. The summed E-state index contributed by atoms with van der Waals surface area (Å²) in [4.78, 5) is 11.8. The molecular weight excluding hydrogens is 251 g/mol. The van der Waals surface area contributed by atoms with Crippen LogP contribution in [0.5, 0.6) is 0 Å². The van der Waals surface area contributed by atoms with Crippen LogP contribution in [0, 0.1) is 12.7 Å². The summed E-state index contributed by atoms with van der Waals surface area (Å²) >= 11 is 1.77. The predicted molar refractivity (Wildman–Crippen MR) is 72.1 cm³/mol. The molecule has 5 heteroatoms. The molecule has 1 heterocycles. The van der Waals surface area contributed by atoms with E-state index in [1.165, 1.54) is 6.07 Å². The molecule has 3 nitrogen and oxygen atoms in total. The zero-order valence-electron chi connectivity index (χ0n) is 10.3. The molecule has 1 amide bonds. The van der Waals surface area contributed by atoms with E-state index in [1.54, 1.807) is 24.8 Å². The second kappa shape index (κ2) is 6.20. The van der Waals surface area contributed by atoms with Crippen molar-refractivity contribution in [2.24, 2.45) is 0 Å². The van der Waals surface area contributed by atoms with Gasteiger partial charge in [-0.05, 0) is 24.1 Å². The highest BCUT2D eigenvalue weighted by molar-refractivity contribution is 7.99. The third-order valence-electron chi connectivity index (χ3n) is 2.94. The van der Waals surface area contributed by atoms with E-state index in [2.05, 4.69) is 10.6 Å². The Hall–Kier alpha value is -1.07. The third kappa shape index (κ3) is 3.46. The molecule has 1 saturated heterocycles. The topological polar surface area (TPSA) is 41.1 Å². The zero-order valence-corrected chi connectivity index (χ0v) is 11.1. The standard InChI is InChI=1S/C13H17FN2OS/c1-9-2-3-10(6-11(9)14)7-16-13(17)12-8-18-5-4-15-12/h2-3,6,12,15H,4-5,7-8H2,1H3,(H,16,17). The van der Waals surface area contributed by atoms with Gasteiger partial charge < -0.3 is 10.6 Å². The molecular formula is C13H17FN2OS. The number of carbonyl (C=O) groups excluding carboxylic acids is 1. The maximum absolute atomic E-state index is 13.3. The third-order valence-corrected chi connectivity index (χ3v) is 4.00. The van der Waals surface area contributed by atoms with E-state index in [0.29, 0.717) is 12.1 Å². The highest BCUT2D eigenvalue weighted by Gasteiger charge is 2.20. The van der Waals surface area contributed by atoms with Gasteiger partial charge in [0, 0.05) is 24.6 Å². The number of aryl methyl sites for hydroxylation is 1. The molecule has 18 heavy (non-hydrogen) atoms. The Labute approximate surface area is 111 Å². The van der Waals surface area contributed by atoms with E-state index in [-0.39, 0.29) is 17.8 Å². The van der Waals surface area contributed by atoms with Crippen LogP contribution in [-0.2, 0) is 11.3 Å². The van der Waals surface area contributed by atoms with Crippen LogP contribution >= 0.6 is 11.8 Å². The van der Waals surface area contributed by atoms with Gasteiger partial charge in [0.05, 0.1) is 6.04 Å². The maximum atomic E-state index is 13.3. The van der Waals surface area contributed by atoms with Gasteiger partial charge in [-0.15, -0.1) is 0 Å². The lowest BCUT2D eigenvalue weighted by Crippen LogP contribution is -2.48. The number of nitrogens with one attached hydrogen (secondary N) is 2. The van der Waals surface area contributed by atoms with E-state index in [0.717, 1.165) is 23.6 Å². The van der Waals surface area contributed by atoms with E-state index >= 15 is 0 Å². The van der Waals surface area contributed by atoms with Crippen LogP contribution < -0.4 is 10.6 Å². The van der Waals surface area contributed by atoms with Crippen molar-refractivity contribution in [1.82, 2.24) is 10.6 Å². The van der Waals surface area contributed by atoms with E-state index in [4.69, 9.17) is 0 Å². The molecule has 1 aromatic carbocycles. The summed E-state index contributed by atoms with van der Waals surface area (Å²) in [5, 5.41) is 6.00. The van der Waals surface area contributed by atoms with Gasteiger partial charge in [0.15, 0.2) is 0 Å². The Morgan fingerprint density at radius 1 is 1.61 bits per heavy atom. The van der Waals surface area contributed by atoms with Gasteiger partial charge in [0.1, 0.15) is 5.82 Å². The summed E-state index contributed by atoms with van der Waals surface area (Å²) in [5.74, 6) is 1.61. The molecule has 1 aliphatic rings. The number of hydrogen-bond acceptors (Lipinski definition) is 3. The highest BCUT2D eigenvalue weighted by atomic mass is 32.2. The van der Waals surface area contributed by atoms with Crippen molar-refractivity contribution in [3.8, 4) is 0 Å². The molecule has 1 fully saturated rings. The van der Waals surface area contributed by atoms with Crippen molar-refractivity contribution >= 4 is 17.7 Å². The van der Waals surface area contributed by atoms with E-state index in [9.17, 15) is 9.18 Å². The lowest BCUT2D eigenvalue weighted by atomic mass is 10.1. The largest absolute Gasteiger partial charge is 0.351 e. The molecule has 0 spiro atoms. The number of thioether (sulfide) groups is 1. The first-order valence-corrected chi connectivity index (χ1v) is 7.16. The molecule has 1 aliphatic heterocycles. The number of amides is 1. The van der Waals surface area contributed by atoms with Crippen LogP contribution in [0.2, 0.25) is 0 Å². The van der Waals surface area contributed by atoms with Crippen molar-refractivity contribution in [1.29, 1.82) is 0 Å². The zero-order chi connectivity index (χ0) is 13.0. The maximum Gasteiger partial charge on any atom is 0.238 e. The summed E-state index contributed by atoms with van der Waals surface area (Å²) in [5.41, 5.74) is 1.41. The lowest BCUT2D eigenvalue weighted by molar-refractivity contribution is -0.122. The average molecular weight is 268 g/mol. The number of carbonyl (C=O) groups is 1. The molecule has 98 valence electrons. The molecule has 2 N–H and O–H groups in total. The predicted octanol–water partition coefficient (Wildman–Crippen LogP) is 1.46. The van der Waals surface area contributed by atoms with Gasteiger partial charge in [-0.25, -0.2) is 4.39 Å². The number of hydrogen-bond donors (Lipinski definition) is 2. The van der Waals surface area contributed by atoms with Gasteiger partial charge in [-0.1, -0.05) is 12.1 Å². The molecule has 0 aromatic heterocycles. The van der Waals surface area contributed by atoms with Crippen LogP contribution in [0.3, 0.4) is 0 Å². The molecule has 0 radical (unpaired) electrons. The van der Waals surface area contributed by atoms with Crippen molar-refractivity contribution in [2.45, 2.75) is 19.5 Å². The fourth-order valence-corrected chi connectivity index (χ4v) is 2.73. The quantitative estimate of drug-likeness (QED) is 0.872. The van der Waals surface area contributed by atoms with E-state index in [1.807, 2.05) is 6.07 Å². The summed E-state index contributed by atoms with van der Waals surface area (Å²) in [6.07, 6.45) is 0. The van der Waals surface area contributed by atoms with Crippen LogP contribution in [0.1, 0.15) is 11.1 Å². The first kappa shape index (κ1) is 13.4. The van der Waals surface area contributed by atoms with Gasteiger partial charge in [0.2, 0.25) is 5.91 Å². The molecule has 0 saturated carbocycles. The van der Waals surface area contributed by atoms with E-state index < -0.39 is 0 Å². The van der Waals surface area contributed by atoms with Gasteiger partial charge in [-0.3, -0.25) is 4.79 Å². The second-order valence-electron chi connectivity index (χ2n) is 4.38. The van der Waals surface area contributed by atoms with Crippen molar-refractivity contribution in [3.63, 3.8) is 0 Å². The number of halogens is 1. The van der Waals surface area contributed by atoms with Gasteiger partial charge in [-0.2, -0.15) is 11.8 Å². The fourth-order valence-electron chi connectivity index (χ4n) is 1.79. The Morgan fingerprint density at radius 3 is 3.11 bits per heavy atom. The highest BCUT2D eigenvalue weighted by Crippen LogP contribution is 2.10. The molecule has 1 unspecified atom stereocenters. The van der Waals surface area contributed by atoms with Crippen molar-refractivity contribution in [2.75, 3.05) is 18.1 Å². The number of benzene rings is 1. The Bertz CT molecular complexity index is 433. The van der Waals surface area contributed by atoms with Crippen LogP contribution in [0.15, 0.2) is 18.2 Å². The van der Waals surface area contributed by atoms with Crippen LogP contribution in [0.4, 0.5) is 4.39 Å². The van der Waals surface area contributed by atoms with Gasteiger partial charge >= 0.3 is 0 Å². The molecule has 2 rings (SSSR count). The van der Waals surface area contributed by atoms with Crippen molar-refractivity contribution in [3.05, 3.63) is 35.1 Å². The van der Waals surface area contributed by atoms with Crippen LogP contribution in [-0.4, -0.2) is 30.0 Å². The Balaban J connectivity index is 1.86. The lowest BCUT2D eigenvalue weighted by Gasteiger charge is -2.22. The van der Waals surface area contributed by atoms with Gasteiger partial charge in [0.25, 0.3) is 0 Å². The summed E-state index contributed by atoms with van der Waals surface area (Å²) in [7, 11) is 0. The smallest absolute Gasteiger partial charge is 0.238 e. The summed E-state index contributed by atoms with van der Waals surface area (Å²) < 4.78 is 13.3. The fraction of sp³-hybridized carbons (Fsp3) is 0.462. The monoisotopic (exact) mass is 268 g/mol. The average Bonchev–Trinajstić information content (AvgIpc) is 2.41. The summed E-state index contributed by atoms with van der Waals surface area (Å²) in [6, 6.07) is 4.91. The Kier molecular flexibility index (Phi) is 4.60. The minimum absolute atomic E-state index is 0.0109. The molecule has 1 aromatic rings. The van der Waals surface area contributed by atoms with Crippen LogP contribution in [0.25, 0.3) is 0 Å². The second-order valence-corrected chi connectivity index (χ2v) is 5.53. The minimum Gasteiger partial charge on any atom is -0.351 e. The molecule has 1 atom stereocenters. The first-order chi connectivity index (χ1) is 8.66. The Morgan fingerprint density at radius 2 is 2.44 bits per heavy atom. The normalized spacial score (nSPS) is 19.6. The SMILES string of the molecule is Cc1ccc(CNC(=O)C2CSCCN2)cc1F. The molecule has 0 aliphatic carbocycles.